The first-order valence-electron chi connectivity index (χ1n) is 17.6. The maximum absolute atomic E-state index is 14.4. The Morgan fingerprint density at radius 2 is 1.80 bits per heavy atom. The van der Waals surface area contributed by atoms with E-state index in [2.05, 4.69) is 30.9 Å². The molecular formula is C39H42ClN9O5S. The Bertz CT molecular complexity index is 2220. The largest absolute Gasteiger partial charge is 0.481 e. The molecule has 1 aliphatic rings. The summed E-state index contributed by atoms with van der Waals surface area (Å²) in [4.78, 5) is 68.2. The fraction of sp³-hybridized carbons (Fsp3) is 0.282. The maximum atomic E-state index is 14.4. The standard InChI is InChI=1S/C39H42ClN9O5S/c1-49-32(16-25-20-45-29-8-4-3-7-27(25)29)37(52)47-21-26-14-24(22-11-13-43-34(17-22)54-2)15-28(40)35(26)55-38-23(6-5-12-44-38)19-46-30(9-10-33(42)50)36(51)48-31(18-41)39(49)53/h3-8,11-15,17,20,30-32,45-46H,9-10,16,18-19,21,41H2,1-2H3,(H2,42,50)(H,47,52)(H,48,51)/t30-,31-,32-/m0/s1. The number of carbonyl (C=O) groups is 4. The van der Waals surface area contributed by atoms with Crippen LogP contribution in [0.25, 0.3) is 22.0 Å². The second-order valence-corrected chi connectivity index (χ2v) is 14.5. The number of rotatable bonds is 8. The van der Waals surface area contributed by atoms with Gasteiger partial charge in [0.1, 0.15) is 17.1 Å². The summed E-state index contributed by atoms with van der Waals surface area (Å²) in [6.45, 7) is -0.00776. The number of benzene rings is 2. The number of carbonyl (C=O) groups excluding carboxylic acids is 4. The lowest BCUT2D eigenvalue weighted by Gasteiger charge is -2.31. The Morgan fingerprint density at radius 1 is 0.982 bits per heavy atom. The SMILES string of the molecule is COc1cc(-c2cc(Cl)c3c(c2)CNC(=O)[C@H](Cc2c[nH]c4ccccc24)N(C)C(=O)[C@H](CN)NC(=O)[C@H](CCC(N)=O)NCc2cccnc2S3)ccn1. The molecule has 286 valence electrons. The van der Waals surface area contributed by atoms with Crippen LogP contribution in [0.4, 0.5) is 0 Å². The predicted molar refractivity (Wildman–Crippen MR) is 210 cm³/mol. The zero-order valence-electron chi connectivity index (χ0n) is 30.3. The topological polar surface area (TPSA) is 210 Å². The van der Waals surface area contributed by atoms with Crippen molar-refractivity contribution in [1.82, 2.24) is 35.8 Å². The number of fused-ring (bicyclic) bond motifs is 3. The highest BCUT2D eigenvalue weighted by molar-refractivity contribution is 7.99. The van der Waals surface area contributed by atoms with Crippen LogP contribution in [-0.2, 0) is 38.7 Å². The Labute approximate surface area is 327 Å². The molecule has 5 aromatic rings. The minimum absolute atomic E-state index is 0.0516. The number of pyridine rings is 2. The fourth-order valence-electron chi connectivity index (χ4n) is 6.46. The smallest absolute Gasteiger partial charge is 0.246 e. The van der Waals surface area contributed by atoms with Crippen molar-refractivity contribution in [3.05, 3.63) is 101 Å². The quantitative estimate of drug-likeness (QED) is 0.135. The first-order valence-corrected chi connectivity index (χ1v) is 18.8. The van der Waals surface area contributed by atoms with E-state index in [-0.39, 0.29) is 38.9 Å². The Hall–Kier alpha value is -5.48. The van der Waals surface area contributed by atoms with Gasteiger partial charge in [-0.2, -0.15) is 0 Å². The molecule has 0 saturated heterocycles. The number of ether oxygens (including phenoxy) is 1. The minimum Gasteiger partial charge on any atom is -0.481 e. The molecule has 1 aliphatic heterocycles. The van der Waals surface area contributed by atoms with Gasteiger partial charge < -0.3 is 42.0 Å². The van der Waals surface area contributed by atoms with Crippen molar-refractivity contribution in [2.45, 2.75) is 60.4 Å². The van der Waals surface area contributed by atoms with E-state index in [1.165, 1.54) is 30.8 Å². The molecule has 14 nitrogen and oxygen atoms in total. The van der Waals surface area contributed by atoms with Gasteiger partial charge in [-0.25, -0.2) is 9.97 Å². The molecule has 8 N–H and O–H groups in total. The van der Waals surface area contributed by atoms with Crippen LogP contribution in [-0.4, -0.2) is 82.3 Å². The van der Waals surface area contributed by atoms with Crippen molar-refractivity contribution in [2.24, 2.45) is 11.5 Å². The van der Waals surface area contributed by atoms with Gasteiger partial charge in [0.25, 0.3) is 0 Å². The molecule has 0 unspecified atom stereocenters. The number of aromatic amines is 1. The molecule has 0 spiro atoms. The number of hydrogen-bond acceptors (Lipinski definition) is 10. The van der Waals surface area contributed by atoms with Crippen LogP contribution in [0.5, 0.6) is 5.88 Å². The van der Waals surface area contributed by atoms with Gasteiger partial charge in [0, 0.05) is 80.0 Å². The third kappa shape index (κ3) is 9.25. The van der Waals surface area contributed by atoms with E-state index in [0.717, 1.165) is 33.2 Å². The Morgan fingerprint density at radius 3 is 2.58 bits per heavy atom. The average Bonchev–Trinajstić information content (AvgIpc) is 3.61. The summed E-state index contributed by atoms with van der Waals surface area (Å²) in [6, 6.07) is 15.6. The van der Waals surface area contributed by atoms with Crippen molar-refractivity contribution < 1.29 is 23.9 Å². The van der Waals surface area contributed by atoms with Gasteiger partial charge in [-0.3, -0.25) is 19.2 Å². The number of amides is 4. The first-order chi connectivity index (χ1) is 26.6. The summed E-state index contributed by atoms with van der Waals surface area (Å²) >= 11 is 8.39. The summed E-state index contributed by atoms with van der Waals surface area (Å²) in [6.07, 6.45) is 5.25. The van der Waals surface area contributed by atoms with Crippen molar-refractivity contribution in [1.29, 1.82) is 0 Å². The van der Waals surface area contributed by atoms with Gasteiger partial charge >= 0.3 is 0 Å². The average molecular weight is 784 g/mol. The lowest BCUT2D eigenvalue weighted by atomic mass is 10.0. The lowest BCUT2D eigenvalue weighted by molar-refractivity contribution is -0.141. The molecule has 55 heavy (non-hydrogen) atoms. The number of halogens is 1. The fourth-order valence-corrected chi connectivity index (χ4v) is 7.82. The highest BCUT2D eigenvalue weighted by atomic mass is 35.5. The number of aromatic nitrogens is 3. The maximum Gasteiger partial charge on any atom is 0.246 e. The molecular weight excluding hydrogens is 742 g/mol. The number of likely N-dealkylation sites (N-methyl/N-ethyl adjacent to an activating group) is 1. The van der Waals surface area contributed by atoms with E-state index >= 15 is 0 Å². The number of primary amides is 1. The summed E-state index contributed by atoms with van der Waals surface area (Å²) in [7, 11) is 3.06. The second kappa shape index (κ2) is 17.8. The van der Waals surface area contributed by atoms with Gasteiger partial charge in [-0.05, 0) is 64.6 Å². The molecule has 2 aromatic carbocycles. The van der Waals surface area contributed by atoms with Crippen LogP contribution in [0.3, 0.4) is 0 Å². The van der Waals surface area contributed by atoms with Crippen LogP contribution in [0.2, 0.25) is 5.02 Å². The van der Waals surface area contributed by atoms with Crippen molar-refractivity contribution in [2.75, 3.05) is 20.7 Å². The highest BCUT2D eigenvalue weighted by Crippen LogP contribution is 2.40. The minimum atomic E-state index is -1.17. The predicted octanol–water partition coefficient (Wildman–Crippen LogP) is 3.30. The molecule has 0 aliphatic carbocycles. The number of H-pyrrole nitrogens is 1. The molecule has 0 bridgehead atoms. The van der Waals surface area contributed by atoms with E-state index in [1.54, 1.807) is 24.5 Å². The van der Waals surface area contributed by atoms with Crippen LogP contribution in [0, 0.1) is 0 Å². The van der Waals surface area contributed by atoms with Crippen LogP contribution >= 0.6 is 23.4 Å². The molecule has 3 atom stereocenters. The molecule has 0 fully saturated rings. The van der Waals surface area contributed by atoms with Gasteiger partial charge in [-0.15, -0.1) is 0 Å². The van der Waals surface area contributed by atoms with Gasteiger partial charge in [0.05, 0.1) is 18.2 Å². The molecule has 6 rings (SSSR count). The number of nitrogens with one attached hydrogen (secondary N) is 4. The van der Waals surface area contributed by atoms with Gasteiger partial charge in [0.15, 0.2) is 0 Å². The first kappa shape index (κ1) is 39.2. The third-order valence-electron chi connectivity index (χ3n) is 9.49. The Kier molecular flexibility index (Phi) is 12.7. The monoisotopic (exact) mass is 783 g/mol. The van der Waals surface area contributed by atoms with Gasteiger partial charge in [-0.1, -0.05) is 47.6 Å². The zero-order chi connectivity index (χ0) is 39.1. The number of nitrogens with two attached hydrogens (primary N) is 2. The Balaban J connectivity index is 1.45. The van der Waals surface area contributed by atoms with E-state index in [0.29, 0.717) is 26.4 Å². The van der Waals surface area contributed by atoms with E-state index < -0.39 is 41.8 Å². The normalized spacial score (nSPS) is 18.5. The summed E-state index contributed by atoms with van der Waals surface area (Å²) in [5.41, 5.74) is 16.3. The lowest BCUT2D eigenvalue weighted by Crippen LogP contribution is -2.59. The summed E-state index contributed by atoms with van der Waals surface area (Å²) in [5, 5.41) is 11.0. The van der Waals surface area contributed by atoms with Gasteiger partial charge in [0.2, 0.25) is 29.5 Å². The summed E-state index contributed by atoms with van der Waals surface area (Å²) in [5.74, 6) is -1.70. The highest BCUT2D eigenvalue weighted by Gasteiger charge is 2.34. The third-order valence-corrected chi connectivity index (χ3v) is 11.1. The van der Waals surface area contributed by atoms with Crippen LogP contribution in [0.1, 0.15) is 29.5 Å². The van der Waals surface area contributed by atoms with E-state index in [4.69, 9.17) is 27.8 Å². The van der Waals surface area contributed by atoms with Crippen molar-refractivity contribution in [3.8, 4) is 17.0 Å². The number of methoxy groups -OCH3 is 1. The molecule has 4 heterocycles. The molecule has 4 amide bonds. The molecule has 16 heteroatoms. The molecule has 0 radical (unpaired) electrons. The van der Waals surface area contributed by atoms with Crippen molar-refractivity contribution >= 4 is 57.9 Å². The van der Waals surface area contributed by atoms with E-state index in [1.807, 2.05) is 54.7 Å². The van der Waals surface area contributed by atoms with Crippen LogP contribution in [0.15, 0.2) is 89.2 Å². The zero-order valence-corrected chi connectivity index (χ0v) is 31.9. The van der Waals surface area contributed by atoms with Crippen molar-refractivity contribution in [3.63, 3.8) is 0 Å². The number of nitrogens with zero attached hydrogens (tertiary/aromatic N) is 3. The number of para-hydroxylation sites is 1. The van der Waals surface area contributed by atoms with Crippen LogP contribution < -0.4 is 32.2 Å². The van der Waals surface area contributed by atoms with E-state index in [9.17, 15) is 19.2 Å². The summed E-state index contributed by atoms with van der Waals surface area (Å²) < 4.78 is 5.36. The second-order valence-electron chi connectivity index (χ2n) is 13.1. The molecule has 3 aromatic heterocycles. The molecule has 0 saturated carbocycles. The number of hydrogen-bond donors (Lipinski definition) is 6.